The molecule has 4 nitrogen and oxygen atoms in total. The molecule has 0 radical (unpaired) electrons. The Morgan fingerprint density at radius 1 is 1.35 bits per heavy atom. The second-order valence-electron chi connectivity index (χ2n) is 4.49. The zero-order valence-corrected chi connectivity index (χ0v) is 12.3. The van der Waals surface area contributed by atoms with E-state index in [1.54, 1.807) is 0 Å². The highest BCUT2D eigenvalue weighted by Gasteiger charge is 2.11. The average molecular weight is 290 g/mol. The van der Waals surface area contributed by atoms with E-state index in [1.807, 2.05) is 41.1 Å². The van der Waals surface area contributed by atoms with E-state index in [9.17, 15) is 4.79 Å². The summed E-state index contributed by atoms with van der Waals surface area (Å²) in [6.45, 7) is 2.96. The fraction of sp³-hybridized carbons (Fsp3) is 0.333. The highest BCUT2D eigenvalue weighted by Crippen LogP contribution is 2.25. The van der Waals surface area contributed by atoms with Crippen molar-refractivity contribution in [2.24, 2.45) is 0 Å². The number of aryl methyl sites for hydroxylation is 1. The maximum Gasteiger partial charge on any atom is 0.313 e. The Balaban J connectivity index is 2.24. The largest absolute Gasteiger partial charge is 0.481 e. The molecule has 0 fully saturated rings. The zero-order chi connectivity index (χ0) is 14.4. The molecule has 1 N–H and O–H groups in total. The number of nitrogens with zero attached hydrogens (tertiary/aromatic N) is 2. The van der Waals surface area contributed by atoms with Gasteiger partial charge in [-0.05, 0) is 12.5 Å². The van der Waals surface area contributed by atoms with Gasteiger partial charge in [-0.15, -0.1) is 0 Å². The molecule has 0 aliphatic rings. The molecule has 1 aromatic carbocycles. The molecule has 5 heteroatoms. The molecule has 2 rings (SSSR count). The van der Waals surface area contributed by atoms with Crippen LogP contribution in [0.15, 0.2) is 41.4 Å². The van der Waals surface area contributed by atoms with Crippen molar-refractivity contribution in [2.45, 2.75) is 31.3 Å². The fourth-order valence-corrected chi connectivity index (χ4v) is 2.62. The molecule has 0 aliphatic carbocycles. The lowest BCUT2D eigenvalue weighted by Gasteiger charge is -2.04. The number of aromatic nitrogens is 2. The fourth-order valence-electron chi connectivity index (χ4n) is 1.87. The number of rotatable bonds is 7. The third-order valence-electron chi connectivity index (χ3n) is 2.88. The van der Waals surface area contributed by atoms with E-state index in [1.165, 1.54) is 11.8 Å². The first-order valence-corrected chi connectivity index (χ1v) is 7.67. The Labute approximate surface area is 122 Å². The van der Waals surface area contributed by atoms with Crippen LogP contribution in [0.25, 0.3) is 11.3 Å². The number of thioether (sulfide) groups is 1. The molecule has 1 aromatic heterocycles. The van der Waals surface area contributed by atoms with Gasteiger partial charge in [0, 0.05) is 12.1 Å². The Bertz CT molecular complexity index is 567. The van der Waals surface area contributed by atoms with Gasteiger partial charge < -0.3 is 5.11 Å². The number of carboxylic acids is 1. The summed E-state index contributed by atoms with van der Waals surface area (Å²) >= 11 is 1.32. The standard InChI is InChI=1S/C15H18N2O2S/c1-2-3-9-17-14(20-11-15(18)19)10-13(16-17)12-7-5-4-6-8-12/h4-8,10H,2-3,9,11H2,1H3,(H,18,19). The van der Waals surface area contributed by atoms with Crippen LogP contribution in [0.4, 0.5) is 0 Å². The summed E-state index contributed by atoms with van der Waals surface area (Å²) in [6, 6.07) is 11.9. The number of aliphatic carboxylic acids is 1. The molecule has 0 amide bonds. The molecule has 0 aliphatic heterocycles. The van der Waals surface area contributed by atoms with Crippen LogP contribution in [0.5, 0.6) is 0 Å². The number of carbonyl (C=O) groups is 1. The number of unbranched alkanes of at least 4 members (excludes halogenated alkanes) is 1. The molecule has 106 valence electrons. The van der Waals surface area contributed by atoms with Crippen LogP contribution in [-0.2, 0) is 11.3 Å². The molecule has 0 unspecified atom stereocenters. The maximum absolute atomic E-state index is 10.7. The molecule has 0 bridgehead atoms. The molecule has 0 atom stereocenters. The van der Waals surface area contributed by atoms with Crippen molar-refractivity contribution in [1.29, 1.82) is 0 Å². The smallest absolute Gasteiger partial charge is 0.313 e. The lowest BCUT2D eigenvalue weighted by molar-refractivity contribution is -0.133. The van der Waals surface area contributed by atoms with Gasteiger partial charge in [-0.2, -0.15) is 5.10 Å². The van der Waals surface area contributed by atoms with Crippen molar-refractivity contribution < 1.29 is 9.90 Å². The summed E-state index contributed by atoms with van der Waals surface area (Å²) in [6.07, 6.45) is 2.13. The van der Waals surface area contributed by atoms with Crippen LogP contribution in [0.2, 0.25) is 0 Å². The Hall–Kier alpha value is -1.75. The van der Waals surface area contributed by atoms with Gasteiger partial charge in [-0.1, -0.05) is 55.4 Å². The summed E-state index contributed by atoms with van der Waals surface area (Å²) in [5.41, 5.74) is 1.95. The normalized spacial score (nSPS) is 10.7. The highest BCUT2D eigenvalue weighted by atomic mass is 32.2. The number of benzene rings is 1. The third-order valence-corrected chi connectivity index (χ3v) is 3.90. The first-order chi connectivity index (χ1) is 9.70. The molecule has 0 spiro atoms. The lowest BCUT2D eigenvalue weighted by Crippen LogP contribution is -2.04. The monoisotopic (exact) mass is 290 g/mol. The minimum Gasteiger partial charge on any atom is -0.481 e. The van der Waals surface area contributed by atoms with Gasteiger partial charge in [-0.3, -0.25) is 9.48 Å². The predicted molar refractivity (Wildman–Crippen MR) is 80.9 cm³/mol. The highest BCUT2D eigenvalue weighted by molar-refractivity contribution is 7.99. The SMILES string of the molecule is CCCCn1nc(-c2ccccc2)cc1SCC(=O)O. The van der Waals surface area contributed by atoms with E-state index in [-0.39, 0.29) is 5.75 Å². The summed E-state index contributed by atoms with van der Waals surface area (Å²) in [5, 5.41) is 14.3. The molecule has 0 saturated carbocycles. The first-order valence-electron chi connectivity index (χ1n) is 6.68. The van der Waals surface area contributed by atoms with Gasteiger partial charge >= 0.3 is 5.97 Å². The van der Waals surface area contributed by atoms with Crippen molar-refractivity contribution in [1.82, 2.24) is 9.78 Å². The minimum absolute atomic E-state index is 0.0616. The summed E-state index contributed by atoms with van der Waals surface area (Å²) < 4.78 is 1.92. The van der Waals surface area contributed by atoms with E-state index in [4.69, 9.17) is 5.11 Å². The van der Waals surface area contributed by atoms with Crippen LogP contribution in [-0.4, -0.2) is 26.6 Å². The predicted octanol–water partition coefficient (Wildman–Crippen LogP) is 3.53. The van der Waals surface area contributed by atoms with E-state index < -0.39 is 5.97 Å². The maximum atomic E-state index is 10.7. The Morgan fingerprint density at radius 2 is 2.10 bits per heavy atom. The topological polar surface area (TPSA) is 55.1 Å². The van der Waals surface area contributed by atoms with Gasteiger partial charge in [0.2, 0.25) is 0 Å². The lowest BCUT2D eigenvalue weighted by atomic mass is 10.2. The second-order valence-corrected chi connectivity index (χ2v) is 5.49. The molecular weight excluding hydrogens is 272 g/mol. The van der Waals surface area contributed by atoms with Crippen LogP contribution in [0, 0.1) is 0 Å². The van der Waals surface area contributed by atoms with E-state index in [2.05, 4.69) is 12.0 Å². The Kier molecular flexibility index (Phi) is 5.24. The van der Waals surface area contributed by atoms with Gasteiger partial charge in [-0.25, -0.2) is 0 Å². The van der Waals surface area contributed by atoms with Crippen LogP contribution < -0.4 is 0 Å². The Morgan fingerprint density at radius 3 is 2.75 bits per heavy atom. The molecule has 2 aromatic rings. The average Bonchev–Trinajstić information content (AvgIpc) is 2.87. The van der Waals surface area contributed by atoms with E-state index >= 15 is 0 Å². The molecule has 0 saturated heterocycles. The first kappa shape index (κ1) is 14.7. The van der Waals surface area contributed by atoms with Crippen molar-refractivity contribution >= 4 is 17.7 Å². The summed E-state index contributed by atoms with van der Waals surface area (Å²) in [4.78, 5) is 10.7. The van der Waals surface area contributed by atoms with Gasteiger partial charge in [0.15, 0.2) is 0 Å². The molecular formula is C15H18N2O2S. The van der Waals surface area contributed by atoms with E-state index in [0.29, 0.717) is 0 Å². The second kappa shape index (κ2) is 7.14. The quantitative estimate of drug-likeness (QED) is 0.793. The van der Waals surface area contributed by atoms with Crippen LogP contribution in [0.3, 0.4) is 0 Å². The van der Waals surface area contributed by atoms with Gasteiger partial charge in [0.25, 0.3) is 0 Å². The van der Waals surface area contributed by atoms with Crippen molar-refractivity contribution in [3.05, 3.63) is 36.4 Å². The summed E-state index contributed by atoms with van der Waals surface area (Å²) in [7, 11) is 0. The van der Waals surface area contributed by atoms with Crippen molar-refractivity contribution in [3.63, 3.8) is 0 Å². The van der Waals surface area contributed by atoms with E-state index in [0.717, 1.165) is 35.7 Å². The molecule has 20 heavy (non-hydrogen) atoms. The number of hydrogen-bond donors (Lipinski definition) is 1. The zero-order valence-electron chi connectivity index (χ0n) is 11.5. The van der Waals surface area contributed by atoms with Gasteiger partial charge in [0.05, 0.1) is 16.5 Å². The van der Waals surface area contributed by atoms with Crippen LogP contribution >= 0.6 is 11.8 Å². The summed E-state index contributed by atoms with van der Waals surface area (Å²) in [5.74, 6) is -0.744. The molecule has 1 heterocycles. The van der Waals surface area contributed by atoms with Crippen molar-refractivity contribution in [3.8, 4) is 11.3 Å². The number of carboxylic acid groups (broad SMARTS) is 1. The van der Waals surface area contributed by atoms with Crippen molar-refractivity contribution in [2.75, 3.05) is 5.75 Å². The third kappa shape index (κ3) is 3.87. The minimum atomic E-state index is -0.806. The van der Waals surface area contributed by atoms with Gasteiger partial charge in [0.1, 0.15) is 0 Å². The van der Waals surface area contributed by atoms with Crippen LogP contribution in [0.1, 0.15) is 19.8 Å². The number of hydrogen-bond acceptors (Lipinski definition) is 3.